The van der Waals surface area contributed by atoms with Crippen molar-refractivity contribution < 1.29 is 9.90 Å². The van der Waals surface area contributed by atoms with Gasteiger partial charge in [0.05, 0.1) is 16.7 Å². The Labute approximate surface area is 159 Å². The number of nitrogens with zero attached hydrogens (tertiary/aromatic N) is 1. The second-order valence-electron chi connectivity index (χ2n) is 8.75. The smallest absolute Gasteiger partial charge is 0.150 e. The van der Waals surface area contributed by atoms with Gasteiger partial charge in [0, 0.05) is 11.3 Å². The second kappa shape index (κ2) is 6.61. The molecule has 0 radical (unpaired) electrons. The summed E-state index contributed by atoms with van der Waals surface area (Å²) in [7, 11) is 0. The summed E-state index contributed by atoms with van der Waals surface area (Å²) in [5.41, 5.74) is 6.62. The Balaban J connectivity index is 1.68. The Hall–Kier alpha value is -2.46. The molecule has 0 fully saturated rings. The minimum absolute atomic E-state index is 0.299. The lowest BCUT2D eigenvalue weighted by atomic mass is 9.71. The van der Waals surface area contributed by atoms with E-state index in [9.17, 15) is 9.90 Å². The van der Waals surface area contributed by atoms with Crippen molar-refractivity contribution in [1.29, 1.82) is 0 Å². The van der Waals surface area contributed by atoms with E-state index in [0.29, 0.717) is 28.2 Å². The van der Waals surface area contributed by atoms with Crippen LogP contribution in [0.15, 0.2) is 36.4 Å². The number of carbonyl (C=O) groups is 1. The van der Waals surface area contributed by atoms with Crippen LogP contribution in [0, 0.1) is 11.3 Å². The number of rotatable bonds is 3. The van der Waals surface area contributed by atoms with Crippen molar-refractivity contribution in [3.05, 3.63) is 64.5 Å². The maximum absolute atomic E-state index is 11.0. The van der Waals surface area contributed by atoms with Crippen molar-refractivity contribution in [2.24, 2.45) is 11.3 Å². The molecule has 1 aliphatic carbocycles. The second-order valence-corrected chi connectivity index (χ2v) is 8.75. The van der Waals surface area contributed by atoms with Crippen molar-refractivity contribution in [1.82, 2.24) is 9.97 Å². The molecule has 1 aliphatic rings. The van der Waals surface area contributed by atoms with Crippen LogP contribution in [0.3, 0.4) is 0 Å². The van der Waals surface area contributed by atoms with Crippen LogP contribution in [-0.4, -0.2) is 21.4 Å². The lowest BCUT2D eigenvalue weighted by Crippen LogP contribution is -2.27. The molecule has 1 aromatic carbocycles. The van der Waals surface area contributed by atoms with E-state index in [0.717, 1.165) is 30.2 Å². The third-order valence-electron chi connectivity index (χ3n) is 5.87. The highest BCUT2D eigenvalue weighted by Gasteiger charge is 2.29. The fraction of sp³-hybridized carbons (Fsp3) is 0.391. The molecule has 0 aliphatic heterocycles. The first-order valence-electron chi connectivity index (χ1n) is 9.60. The molecule has 2 heterocycles. The van der Waals surface area contributed by atoms with Gasteiger partial charge in [-0.05, 0) is 59.9 Å². The lowest BCUT2D eigenvalue weighted by Gasteiger charge is -2.34. The average molecular weight is 362 g/mol. The largest absolute Gasteiger partial charge is 0.382 e. The number of aldehydes is 1. The molecule has 2 aromatic heterocycles. The van der Waals surface area contributed by atoms with Gasteiger partial charge in [-0.15, -0.1) is 0 Å². The summed E-state index contributed by atoms with van der Waals surface area (Å²) in [6.45, 7) is 6.93. The number of aromatic nitrogens is 2. The summed E-state index contributed by atoms with van der Waals surface area (Å²) < 4.78 is 0. The normalized spacial score (nSPS) is 18.3. The van der Waals surface area contributed by atoms with Gasteiger partial charge in [0.2, 0.25) is 0 Å². The fourth-order valence-electron chi connectivity index (χ4n) is 4.10. The molecule has 27 heavy (non-hydrogen) atoms. The van der Waals surface area contributed by atoms with Crippen LogP contribution in [0.1, 0.15) is 66.2 Å². The number of nitrogens with one attached hydrogen (secondary N) is 1. The summed E-state index contributed by atoms with van der Waals surface area (Å²) in [6.07, 6.45) is 3.23. The zero-order valence-electron chi connectivity index (χ0n) is 16.1. The van der Waals surface area contributed by atoms with Crippen LogP contribution >= 0.6 is 0 Å². The highest BCUT2D eigenvalue weighted by atomic mass is 16.3. The van der Waals surface area contributed by atoms with E-state index in [-0.39, 0.29) is 0 Å². The maximum atomic E-state index is 11.0. The number of hydrogen-bond acceptors (Lipinski definition) is 3. The Morgan fingerprint density at radius 3 is 2.81 bits per heavy atom. The Bertz CT molecular complexity index is 997. The van der Waals surface area contributed by atoms with Gasteiger partial charge >= 0.3 is 0 Å². The van der Waals surface area contributed by atoms with Crippen LogP contribution in [0.4, 0.5) is 0 Å². The van der Waals surface area contributed by atoms with Crippen molar-refractivity contribution in [3.8, 4) is 0 Å². The minimum atomic E-state index is -0.807. The van der Waals surface area contributed by atoms with Gasteiger partial charge in [0.15, 0.2) is 0 Å². The van der Waals surface area contributed by atoms with E-state index in [1.807, 2.05) is 12.1 Å². The van der Waals surface area contributed by atoms with Gasteiger partial charge in [0.1, 0.15) is 12.4 Å². The number of hydrogen-bond donors (Lipinski definition) is 2. The molecular weight excluding hydrogens is 336 g/mol. The molecular formula is C23H26N2O2. The third kappa shape index (κ3) is 3.42. The Morgan fingerprint density at radius 2 is 2.07 bits per heavy atom. The molecule has 2 atom stereocenters. The monoisotopic (exact) mass is 362 g/mol. The van der Waals surface area contributed by atoms with Crippen LogP contribution < -0.4 is 0 Å². The molecule has 0 bridgehead atoms. The number of aliphatic hydroxyl groups excluding tert-OH is 1. The van der Waals surface area contributed by atoms with Crippen LogP contribution in [0.5, 0.6) is 0 Å². The van der Waals surface area contributed by atoms with Gasteiger partial charge in [-0.3, -0.25) is 9.78 Å². The number of aryl methyl sites for hydroxylation is 1. The highest BCUT2D eigenvalue weighted by Crippen LogP contribution is 2.37. The molecule has 0 saturated carbocycles. The van der Waals surface area contributed by atoms with Crippen molar-refractivity contribution in [2.75, 3.05) is 0 Å². The Kier molecular flexibility index (Phi) is 4.39. The van der Waals surface area contributed by atoms with E-state index in [1.54, 1.807) is 18.2 Å². The van der Waals surface area contributed by atoms with E-state index in [2.05, 4.69) is 31.8 Å². The summed E-state index contributed by atoms with van der Waals surface area (Å²) in [6, 6.07) is 11.2. The minimum Gasteiger partial charge on any atom is -0.382 e. The van der Waals surface area contributed by atoms with E-state index >= 15 is 0 Å². The highest BCUT2D eigenvalue weighted by molar-refractivity contribution is 5.78. The number of aliphatic hydroxyl groups is 1. The van der Waals surface area contributed by atoms with Gasteiger partial charge in [-0.2, -0.15) is 0 Å². The van der Waals surface area contributed by atoms with Crippen molar-refractivity contribution in [2.45, 2.75) is 46.1 Å². The molecule has 2 unspecified atom stereocenters. The molecule has 0 saturated heterocycles. The number of benzene rings is 1. The first-order chi connectivity index (χ1) is 12.8. The van der Waals surface area contributed by atoms with Crippen LogP contribution in [0.2, 0.25) is 0 Å². The average Bonchev–Trinajstić information content (AvgIpc) is 3.07. The summed E-state index contributed by atoms with van der Waals surface area (Å²) in [5, 5.41) is 10.8. The molecule has 4 heteroatoms. The molecule has 4 rings (SSSR count). The standard InChI is InChI=1S/C23H26N2O2/c1-23(2,3)17-7-8-18-16(10-17)11-19-20(24-18)12-21(25-19)22(27)15-6-4-5-14(9-15)13-26/h4-6,9,11-13,17,22,25,27H,7-8,10H2,1-3H3. The molecule has 2 N–H and O–H groups in total. The Morgan fingerprint density at radius 1 is 1.26 bits per heavy atom. The number of fused-ring (bicyclic) bond motifs is 2. The summed E-state index contributed by atoms with van der Waals surface area (Å²) in [4.78, 5) is 19.2. The van der Waals surface area contributed by atoms with Gasteiger partial charge in [-0.25, -0.2) is 0 Å². The van der Waals surface area contributed by atoms with E-state index < -0.39 is 6.10 Å². The van der Waals surface area contributed by atoms with E-state index in [1.165, 1.54) is 17.7 Å². The molecule has 140 valence electrons. The third-order valence-corrected chi connectivity index (χ3v) is 5.87. The maximum Gasteiger partial charge on any atom is 0.150 e. The number of pyridine rings is 1. The lowest BCUT2D eigenvalue weighted by molar-refractivity contribution is 0.112. The first-order valence-corrected chi connectivity index (χ1v) is 9.60. The van der Waals surface area contributed by atoms with Gasteiger partial charge in [-0.1, -0.05) is 39.0 Å². The predicted molar refractivity (Wildman–Crippen MR) is 107 cm³/mol. The van der Waals surface area contributed by atoms with Crippen molar-refractivity contribution >= 4 is 17.3 Å². The number of carbonyl (C=O) groups excluding carboxylic acids is 1. The topological polar surface area (TPSA) is 66.0 Å². The number of H-pyrrole nitrogens is 1. The van der Waals surface area contributed by atoms with Crippen LogP contribution in [0.25, 0.3) is 11.0 Å². The molecule has 0 spiro atoms. The molecule has 4 nitrogen and oxygen atoms in total. The first kappa shape index (κ1) is 17.9. The molecule has 3 aromatic rings. The van der Waals surface area contributed by atoms with Crippen molar-refractivity contribution in [3.63, 3.8) is 0 Å². The van der Waals surface area contributed by atoms with E-state index in [4.69, 9.17) is 4.98 Å². The zero-order chi connectivity index (χ0) is 19.2. The molecule has 0 amide bonds. The van der Waals surface area contributed by atoms with Gasteiger partial charge < -0.3 is 10.1 Å². The fourth-order valence-corrected chi connectivity index (χ4v) is 4.10. The van der Waals surface area contributed by atoms with Crippen LogP contribution in [-0.2, 0) is 12.8 Å². The summed E-state index contributed by atoms with van der Waals surface area (Å²) in [5.74, 6) is 0.662. The summed E-state index contributed by atoms with van der Waals surface area (Å²) >= 11 is 0. The number of aromatic amines is 1. The quantitative estimate of drug-likeness (QED) is 0.669. The van der Waals surface area contributed by atoms with Gasteiger partial charge in [0.25, 0.3) is 0 Å². The predicted octanol–water partition coefficient (Wildman–Crippen LogP) is 4.61. The zero-order valence-corrected chi connectivity index (χ0v) is 16.1. The SMILES string of the molecule is CC(C)(C)C1CCc2nc3cc(C(O)c4cccc(C=O)c4)[nH]c3cc2C1.